The average Bonchev–Trinajstić information content (AvgIpc) is 2.75. The molecule has 0 spiro atoms. The zero-order valence-electron chi connectivity index (χ0n) is 13.0. The van der Waals surface area contributed by atoms with E-state index in [1.165, 1.54) is 50.5 Å². The van der Waals surface area contributed by atoms with Gasteiger partial charge in [0.2, 0.25) is 0 Å². The molecule has 1 aliphatic carbocycles. The fraction of sp³-hybridized carbons (Fsp3) is 0.667. The molecule has 0 aromatic heterocycles. The maximum absolute atomic E-state index is 5.32. The van der Waals surface area contributed by atoms with Crippen LogP contribution in [-0.4, -0.2) is 20.2 Å². The third-order valence-electron chi connectivity index (χ3n) is 4.62. The lowest BCUT2D eigenvalue weighted by Crippen LogP contribution is -2.30. The summed E-state index contributed by atoms with van der Waals surface area (Å²) in [7, 11) is 3.84. The second-order valence-electron chi connectivity index (χ2n) is 6.13. The second-order valence-corrected chi connectivity index (χ2v) is 6.13. The molecule has 1 aromatic carbocycles. The number of ether oxygens (including phenoxy) is 1. The molecule has 2 heteroatoms. The van der Waals surface area contributed by atoms with Gasteiger partial charge in [-0.15, -0.1) is 0 Å². The van der Waals surface area contributed by atoms with Crippen molar-refractivity contribution in [2.45, 2.75) is 57.4 Å². The summed E-state index contributed by atoms with van der Waals surface area (Å²) in [6, 6.07) is 9.07. The zero-order chi connectivity index (χ0) is 14.2. The van der Waals surface area contributed by atoms with E-state index in [4.69, 9.17) is 4.74 Å². The summed E-state index contributed by atoms with van der Waals surface area (Å²) < 4.78 is 5.32. The fourth-order valence-corrected chi connectivity index (χ4v) is 3.39. The number of likely N-dealkylation sites (N-methyl/N-ethyl adjacent to an activating group) is 1. The smallest absolute Gasteiger partial charge is 0.119 e. The summed E-state index contributed by atoms with van der Waals surface area (Å²) in [5, 5.41) is 3.51. The van der Waals surface area contributed by atoms with E-state index in [-0.39, 0.29) is 0 Å². The molecule has 1 aromatic rings. The molecule has 1 atom stereocenters. The van der Waals surface area contributed by atoms with Gasteiger partial charge in [-0.3, -0.25) is 0 Å². The van der Waals surface area contributed by atoms with Crippen molar-refractivity contribution in [2.75, 3.05) is 14.2 Å². The van der Waals surface area contributed by atoms with Crippen LogP contribution in [0.5, 0.6) is 5.75 Å². The Morgan fingerprint density at radius 2 is 1.95 bits per heavy atom. The van der Waals surface area contributed by atoms with Crippen molar-refractivity contribution in [3.63, 3.8) is 0 Å². The van der Waals surface area contributed by atoms with Gasteiger partial charge in [0.05, 0.1) is 7.11 Å². The number of nitrogens with one attached hydrogen (secondary N) is 1. The molecule has 2 rings (SSSR count). The van der Waals surface area contributed by atoms with Gasteiger partial charge in [-0.1, -0.05) is 50.7 Å². The third-order valence-corrected chi connectivity index (χ3v) is 4.62. The van der Waals surface area contributed by atoms with Crippen molar-refractivity contribution in [1.29, 1.82) is 0 Å². The molecular weight excluding hydrogens is 246 g/mol. The highest BCUT2D eigenvalue weighted by Crippen LogP contribution is 2.27. The third kappa shape index (κ3) is 4.82. The van der Waals surface area contributed by atoms with Crippen LogP contribution in [0.15, 0.2) is 24.3 Å². The van der Waals surface area contributed by atoms with Gasteiger partial charge in [-0.05, 0) is 43.5 Å². The van der Waals surface area contributed by atoms with Gasteiger partial charge in [0, 0.05) is 6.04 Å². The van der Waals surface area contributed by atoms with E-state index in [0.29, 0.717) is 6.04 Å². The second kappa shape index (κ2) is 8.31. The number of hydrogen-bond donors (Lipinski definition) is 1. The molecule has 0 bridgehead atoms. The first-order valence-electron chi connectivity index (χ1n) is 8.12. The lowest BCUT2D eigenvalue weighted by molar-refractivity contribution is 0.360. The lowest BCUT2D eigenvalue weighted by Gasteiger charge is -2.22. The lowest BCUT2D eigenvalue weighted by atomic mass is 9.90. The number of methoxy groups -OCH3 is 1. The van der Waals surface area contributed by atoms with Crippen LogP contribution < -0.4 is 10.1 Å². The number of rotatable bonds is 6. The number of benzene rings is 1. The van der Waals surface area contributed by atoms with Gasteiger partial charge in [0.25, 0.3) is 0 Å². The standard InChI is InChI=1S/C18H29NO/c1-19-17(12-15-8-5-3-4-6-9-15)13-16-10-7-11-18(14-16)20-2/h7,10-11,14-15,17,19H,3-6,8-9,12-13H2,1-2H3. The summed E-state index contributed by atoms with van der Waals surface area (Å²) in [6.07, 6.45) is 11.0. The van der Waals surface area contributed by atoms with Crippen LogP contribution in [0.1, 0.15) is 50.5 Å². The minimum atomic E-state index is 0.588. The maximum Gasteiger partial charge on any atom is 0.119 e. The summed E-state index contributed by atoms with van der Waals surface area (Å²) >= 11 is 0. The Morgan fingerprint density at radius 1 is 1.20 bits per heavy atom. The van der Waals surface area contributed by atoms with Gasteiger partial charge in [-0.2, -0.15) is 0 Å². The first-order chi connectivity index (χ1) is 9.81. The van der Waals surface area contributed by atoms with Crippen molar-refractivity contribution in [2.24, 2.45) is 5.92 Å². The Balaban J connectivity index is 1.90. The normalized spacial score (nSPS) is 18.5. The van der Waals surface area contributed by atoms with Crippen molar-refractivity contribution in [1.82, 2.24) is 5.32 Å². The predicted molar refractivity (Wildman–Crippen MR) is 85.4 cm³/mol. The molecule has 0 saturated heterocycles. The quantitative estimate of drug-likeness (QED) is 0.786. The average molecular weight is 275 g/mol. The first kappa shape index (κ1) is 15.4. The molecular formula is C18H29NO. The van der Waals surface area contributed by atoms with Gasteiger partial charge in [0.1, 0.15) is 5.75 Å². The molecule has 20 heavy (non-hydrogen) atoms. The summed E-state index contributed by atoms with van der Waals surface area (Å²) in [5.41, 5.74) is 1.37. The van der Waals surface area contributed by atoms with E-state index < -0.39 is 0 Å². The van der Waals surface area contributed by atoms with Crippen molar-refractivity contribution in [3.05, 3.63) is 29.8 Å². The van der Waals surface area contributed by atoms with Crippen LogP contribution in [0.25, 0.3) is 0 Å². The fourth-order valence-electron chi connectivity index (χ4n) is 3.39. The Labute approximate surface area is 123 Å². The maximum atomic E-state index is 5.32. The monoisotopic (exact) mass is 275 g/mol. The Kier molecular flexibility index (Phi) is 6.38. The summed E-state index contributed by atoms with van der Waals surface area (Å²) in [5.74, 6) is 1.88. The highest BCUT2D eigenvalue weighted by molar-refractivity contribution is 5.28. The Bertz CT molecular complexity index is 383. The molecule has 2 nitrogen and oxygen atoms in total. The first-order valence-corrected chi connectivity index (χ1v) is 8.12. The Hall–Kier alpha value is -1.02. The summed E-state index contributed by atoms with van der Waals surface area (Å²) in [4.78, 5) is 0. The topological polar surface area (TPSA) is 21.3 Å². The molecule has 0 amide bonds. The van der Waals surface area contributed by atoms with Crippen LogP contribution >= 0.6 is 0 Å². The van der Waals surface area contributed by atoms with Crippen molar-refractivity contribution >= 4 is 0 Å². The molecule has 0 aliphatic heterocycles. The van der Waals surface area contributed by atoms with E-state index in [0.717, 1.165) is 18.1 Å². The molecule has 1 fully saturated rings. The van der Waals surface area contributed by atoms with E-state index in [1.807, 2.05) is 6.07 Å². The highest BCUT2D eigenvalue weighted by atomic mass is 16.5. The Morgan fingerprint density at radius 3 is 2.60 bits per heavy atom. The molecule has 0 heterocycles. The number of hydrogen-bond acceptors (Lipinski definition) is 2. The highest BCUT2D eigenvalue weighted by Gasteiger charge is 2.17. The van der Waals surface area contributed by atoms with E-state index in [1.54, 1.807) is 7.11 Å². The van der Waals surface area contributed by atoms with E-state index >= 15 is 0 Å². The van der Waals surface area contributed by atoms with Gasteiger partial charge in [0.15, 0.2) is 0 Å². The molecule has 112 valence electrons. The van der Waals surface area contributed by atoms with E-state index in [2.05, 4.69) is 30.6 Å². The van der Waals surface area contributed by atoms with Crippen molar-refractivity contribution < 1.29 is 4.74 Å². The molecule has 1 unspecified atom stereocenters. The minimum absolute atomic E-state index is 0.588. The van der Waals surface area contributed by atoms with Crippen LogP contribution in [0.4, 0.5) is 0 Å². The van der Waals surface area contributed by atoms with Crippen LogP contribution in [0.2, 0.25) is 0 Å². The molecule has 0 radical (unpaired) electrons. The minimum Gasteiger partial charge on any atom is -0.497 e. The van der Waals surface area contributed by atoms with Crippen LogP contribution in [0, 0.1) is 5.92 Å². The zero-order valence-corrected chi connectivity index (χ0v) is 13.0. The van der Waals surface area contributed by atoms with Crippen LogP contribution in [0.3, 0.4) is 0 Å². The SMILES string of the molecule is CNC(Cc1cccc(OC)c1)CC1CCCCCC1. The summed E-state index contributed by atoms with van der Waals surface area (Å²) in [6.45, 7) is 0. The van der Waals surface area contributed by atoms with Gasteiger partial charge in [-0.25, -0.2) is 0 Å². The van der Waals surface area contributed by atoms with Crippen LogP contribution in [-0.2, 0) is 6.42 Å². The molecule has 1 N–H and O–H groups in total. The molecule has 1 aliphatic rings. The predicted octanol–water partition coefficient (Wildman–Crippen LogP) is 4.19. The van der Waals surface area contributed by atoms with Gasteiger partial charge >= 0.3 is 0 Å². The van der Waals surface area contributed by atoms with Crippen molar-refractivity contribution in [3.8, 4) is 5.75 Å². The molecule has 1 saturated carbocycles. The van der Waals surface area contributed by atoms with Gasteiger partial charge < -0.3 is 10.1 Å². The van der Waals surface area contributed by atoms with E-state index in [9.17, 15) is 0 Å². The largest absolute Gasteiger partial charge is 0.497 e.